The minimum atomic E-state index is -0.512. The van der Waals surface area contributed by atoms with Gasteiger partial charge in [-0.3, -0.25) is 25.0 Å². The molecule has 4 rings (SSSR count). The van der Waals surface area contributed by atoms with Gasteiger partial charge in [0.05, 0.1) is 37.0 Å². The van der Waals surface area contributed by atoms with Gasteiger partial charge in [-0.25, -0.2) is 9.78 Å². The first-order valence-electron chi connectivity index (χ1n) is 11.7. The van der Waals surface area contributed by atoms with Crippen LogP contribution in [0.25, 0.3) is 0 Å². The lowest BCUT2D eigenvalue weighted by Gasteiger charge is -2.26. The number of anilines is 2. The van der Waals surface area contributed by atoms with E-state index in [1.165, 1.54) is 6.20 Å². The number of carbonyl (C=O) groups excluding carboxylic acids is 2. The minimum Gasteiger partial charge on any atom is -0.487 e. The van der Waals surface area contributed by atoms with Gasteiger partial charge in [0.25, 0.3) is 5.91 Å². The minimum absolute atomic E-state index is 0.218. The van der Waals surface area contributed by atoms with Crippen LogP contribution in [-0.2, 0) is 11.3 Å². The molecule has 3 amide bonds. The Balaban J connectivity index is 1.42. The molecule has 0 saturated carbocycles. The third-order valence-electron chi connectivity index (χ3n) is 5.45. The molecular formula is C25H29N7O4. The van der Waals surface area contributed by atoms with Crippen LogP contribution in [0.2, 0.25) is 0 Å². The molecule has 0 bridgehead atoms. The van der Waals surface area contributed by atoms with Crippen molar-refractivity contribution in [2.24, 2.45) is 0 Å². The summed E-state index contributed by atoms with van der Waals surface area (Å²) in [5.74, 6) is 0.442. The fourth-order valence-electron chi connectivity index (χ4n) is 3.51. The van der Waals surface area contributed by atoms with Crippen molar-refractivity contribution in [3.05, 3.63) is 71.9 Å². The zero-order chi connectivity index (χ0) is 25.2. The number of hydrogen-bond acceptors (Lipinski definition) is 8. The van der Waals surface area contributed by atoms with Crippen LogP contribution in [0.5, 0.6) is 5.75 Å². The molecule has 3 aromatic rings. The highest BCUT2D eigenvalue weighted by molar-refractivity contribution is 6.01. The van der Waals surface area contributed by atoms with E-state index >= 15 is 0 Å². The summed E-state index contributed by atoms with van der Waals surface area (Å²) >= 11 is 0. The number of pyridine rings is 1. The molecule has 1 saturated heterocycles. The van der Waals surface area contributed by atoms with E-state index in [1.54, 1.807) is 36.8 Å². The van der Waals surface area contributed by atoms with E-state index in [2.05, 4.69) is 35.8 Å². The summed E-state index contributed by atoms with van der Waals surface area (Å²) in [4.78, 5) is 39.9. The molecule has 1 aliphatic heterocycles. The first-order chi connectivity index (χ1) is 17.6. The lowest BCUT2D eigenvalue weighted by atomic mass is 10.1. The van der Waals surface area contributed by atoms with Crippen molar-refractivity contribution in [1.82, 2.24) is 25.2 Å². The summed E-state index contributed by atoms with van der Waals surface area (Å²) in [5.41, 5.74) is 2.42. The molecule has 3 N–H and O–H groups in total. The van der Waals surface area contributed by atoms with Gasteiger partial charge in [0.2, 0.25) is 0 Å². The number of urea groups is 1. The predicted molar refractivity (Wildman–Crippen MR) is 134 cm³/mol. The monoisotopic (exact) mass is 491 g/mol. The van der Waals surface area contributed by atoms with Gasteiger partial charge in [0.15, 0.2) is 5.82 Å². The summed E-state index contributed by atoms with van der Waals surface area (Å²) < 4.78 is 11.3. The van der Waals surface area contributed by atoms with Gasteiger partial charge in [-0.15, -0.1) is 0 Å². The predicted octanol–water partition coefficient (Wildman–Crippen LogP) is 2.47. The highest BCUT2D eigenvalue weighted by atomic mass is 16.5. The van der Waals surface area contributed by atoms with Crippen LogP contribution >= 0.6 is 0 Å². The van der Waals surface area contributed by atoms with Crippen LogP contribution in [-0.4, -0.2) is 71.2 Å². The number of amides is 3. The lowest BCUT2D eigenvalue weighted by Crippen LogP contribution is -2.41. The Morgan fingerprint density at radius 3 is 2.69 bits per heavy atom. The normalized spacial score (nSPS) is 13.6. The third kappa shape index (κ3) is 7.45. The molecule has 11 nitrogen and oxygen atoms in total. The topological polar surface area (TPSA) is 131 Å². The second kappa shape index (κ2) is 12.6. The third-order valence-corrected chi connectivity index (χ3v) is 5.45. The Kier molecular flexibility index (Phi) is 8.73. The zero-order valence-electron chi connectivity index (χ0n) is 20.1. The molecular weight excluding hydrogens is 462 g/mol. The number of benzene rings is 1. The smallest absolute Gasteiger partial charge is 0.324 e. The molecule has 1 fully saturated rings. The number of hydrogen-bond donors (Lipinski definition) is 3. The first kappa shape index (κ1) is 25.0. The highest BCUT2D eigenvalue weighted by Gasteiger charge is 2.15. The molecule has 2 aromatic heterocycles. The number of nitrogens with zero attached hydrogens (tertiary/aromatic N) is 4. The number of morpholine rings is 1. The van der Waals surface area contributed by atoms with Crippen molar-refractivity contribution < 1.29 is 19.1 Å². The molecule has 3 heterocycles. The van der Waals surface area contributed by atoms with E-state index < -0.39 is 6.03 Å². The first-order valence-corrected chi connectivity index (χ1v) is 11.7. The number of carbonyl (C=O) groups is 2. The summed E-state index contributed by atoms with van der Waals surface area (Å²) in [6.07, 6.45) is 6.40. The maximum atomic E-state index is 12.8. The summed E-state index contributed by atoms with van der Waals surface area (Å²) in [7, 11) is 0. The van der Waals surface area contributed by atoms with Crippen LogP contribution in [0.3, 0.4) is 0 Å². The maximum absolute atomic E-state index is 12.8. The highest BCUT2D eigenvalue weighted by Crippen LogP contribution is 2.27. The molecule has 11 heteroatoms. The Morgan fingerprint density at radius 1 is 1.08 bits per heavy atom. The number of nitrogens with one attached hydrogen (secondary N) is 3. The van der Waals surface area contributed by atoms with Crippen molar-refractivity contribution in [3.63, 3.8) is 0 Å². The van der Waals surface area contributed by atoms with Gasteiger partial charge >= 0.3 is 6.03 Å². The Bertz CT molecular complexity index is 1150. The van der Waals surface area contributed by atoms with Crippen molar-refractivity contribution in [2.45, 2.75) is 13.5 Å². The molecule has 0 unspecified atom stereocenters. The van der Waals surface area contributed by atoms with Crippen LogP contribution in [0, 0.1) is 6.92 Å². The molecule has 0 aliphatic carbocycles. The van der Waals surface area contributed by atoms with Crippen LogP contribution < -0.4 is 20.7 Å². The van der Waals surface area contributed by atoms with E-state index in [9.17, 15) is 9.59 Å². The van der Waals surface area contributed by atoms with E-state index in [0.29, 0.717) is 42.6 Å². The van der Waals surface area contributed by atoms with E-state index in [4.69, 9.17) is 9.47 Å². The van der Waals surface area contributed by atoms with Gasteiger partial charge in [-0.05, 0) is 31.2 Å². The van der Waals surface area contributed by atoms with Gasteiger partial charge < -0.3 is 20.1 Å². The second-order valence-corrected chi connectivity index (χ2v) is 8.19. The van der Waals surface area contributed by atoms with Crippen molar-refractivity contribution in [1.29, 1.82) is 0 Å². The van der Waals surface area contributed by atoms with E-state index in [1.807, 2.05) is 19.1 Å². The number of aryl methyl sites for hydroxylation is 1. The molecule has 1 aliphatic rings. The molecule has 1 aromatic carbocycles. The van der Waals surface area contributed by atoms with Crippen molar-refractivity contribution >= 4 is 23.4 Å². The van der Waals surface area contributed by atoms with Crippen LogP contribution in [0.4, 0.5) is 16.3 Å². The van der Waals surface area contributed by atoms with Gasteiger partial charge in [-0.1, -0.05) is 6.07 Å². The Hall–Kier alpha value is -4.09. The van der Waals surface area contributed by atoms with Crippen LogP contribution in [0.15, 0.2) is 55.1 Å². The standard InChI is InChI=1S/C25H29N7O4/c1-18-14-29-23(16-28-18)31-25(34)30-21-5-4-20(13-22(21)36-17-19-3-2-6-26-15-19)24(33)27-7-8-32-9-11-35-12-10-32/h2-6,13-16H,7-12,17H2,1H3,(H,27,33)(H2,29,30,31,34). The number of aromatic nitrogens is 3. The van der Waals surface area contributed by atoms with E-state index in [-0.39, 0.29) is 12.5 Å². The fraction of sp³-hybridized carbons (Fsp3) is 0.320. The fourth-order valence-corrected chi connectivity index (χ4v) is 3.51. The number of rotatable bonds is 9. The van der Waals surface area contributed by atoms with Gasteiger partial charge in [0, 0.05) is 49.7 Å². The van der Waals surface area contributed by atoms with Gasteiger partial charge in [0.1, 0.15) is 12.4 Å². The number of ether oxygens (including phenoxy) is 2. The molecule has 0 spiro atoms. The second-order valence-electron chi connectivity index (χ2n) is 8.19. The summed E-state index contributed by atoms with van der Waals surface area (Å²) in [6, 6.07) is 8.07. The molecule has 0 atom stereocenters. The largest absolute Gasteiger partial charge is 0.487 e. The van der Waals surface area contributed by atoms with Gasteiger partial charge in [-0.2, -0.15) is 0 Å². The van der Waals surface area contributed by atoms with Crippen molar-refractivity contribution in [2.75, 3.05) is 50.0 Å². The average Bonchev–Trinajstić information content (AvgIpc) is 2.90. The molecule has 188 valence electrons. The maximum Gasteiger partial charge on any atom is 0.324 e. The molecule has 0 radical (unpaired) electrons. The zero-order valence-corrected chi connectivity index (χ0v) is 20.1. The van der Waals surface area contributed by atoms with Crippen molar-refractivity contribution in [3.8, 4) is 5.75 Å². The summed E-state index contributed by atoms with van der Waals surface area (Å²) in [6.45, 7) is 6.44. The average molecular weight is 492 g/mol. The Morgan fingerprint density at radius 2 is 1.94 bits per heavy atom. The van der Waals surface area contributed by atoms with Crippen LogP contribution in [0.1, 0.15) is 21.6 Å². The Labute approximate surface area is 209 Å². The lowest BCUT2D eigenvalue weighted by molar-refractivity contribution is 0.0383. The SMILES string of the molecule is Cc1cnc(NC(=O)Nc2ccc(C(=O)NCCN3CCOCC3)cc2OCc2cccnc2)cn1. The summed E-state index contributed by atoms with van der Waals surface area (Å²) in [5, 5.41) is 8.33. The van der Waals surface area contributed by atoms with E-state index in [0.717, 1.165) is 30.9 Å². The quantitative estimate of drug-likeness (QED) is 0.416. The molecule has 36 heavy (non-hydrogen) atoms.